The Balaban J connectivity index is 1.61. The Morgan fingerprint density at radius 1 is 1.16 bits per heavy atom. The summed E-state index contributed by atoms with van der Waals surface area (Å²) in [7, 11) is 0. The molecule has 0 spiro atoms. The van der Waals surface area contributed by atoms with Gasteiger partial charge in [-0.1, -0.05) is 41.9 Å². The molecule has 0 unspecified atom stereocenters. The van der Waals surface area contributed by atoms with Crippen molar-refractivity contribution in [2.75, 3.05) is 13.1 Å². The Labute approximate surface area is 188 Å². The first-order valence-corrected chi connectivity index (χ1v) is 10.8. The molecular weight excluding hydrogens is 460 g/mol. The molecule has 0 atom stereocenters. The van der Waals surface area contributed by atoms with Crippen molar-refractivity contribution in [2.45, 2.75) is 26.9 Å². The summed E-state index contributed by atoms with van der Waals surface area (Å²) in [5, 5.41) is 3.43. The van der Waals surface area contributed by atoms with Crippen LogP contribution in [-0.2, 0) is 17.9 Å². The molecule has 3 aromatic rings. The van der Waals surface area contributed by atoms with E-state index < -0.39 is 11.5 Å². The fourth-order valence-corrected chi connectivity index (χ4v) is 4.06. The zero-order valence-corrected chi connectivity index (χ0v) is 19.0. The largest absolute Gasteiger partial charge is 0.348 e. The second kappa shape index (κ2) is 8.26. The van der Waals surface area contributed by atoms with Crippen LogP contribution in [0.2, 0.25) is 0 Å². The van der Waals surface area contributed by atoms with Crippen LogP contribution in [-0.4, -0.2) is 39.4 Å². The number of nitrogens with zero attached hydrogens (tertiary/aromatic N) is 3. The van der Waals surface area contributed by atoms with Crippen molar-refractivity contribution < 1.29 is 9.59 Å². The SMILES string of the molecule is CC1(C)CN(C(=O)Cn2c(=O)c(C(=O)NCc3ccc(Br)cc3)cc3cccnc32)C1. The number of likely N-dealkylation sites (tertiary alicyclic amines) is 1. The first kappa shape index (κ1) is 21.2. The highest BCUT2D eigenvalue weighted by atomic mass is 79.9. The third kappa shape index (κ3) is 4.54. The van der Waals surface area contributed by atoms with Gasteiger partial charge in [-0.2, -0.15) is 0 Å². The van der Waals surface area contributed by atoms with Crippen LogP contribution in [0.5, 0.6) is 0 Å². The first-order valence-electron chi connectivity index (χ1n) is 10.0. The molecule has 1 saturated heterocycles. The number of benzene rings is 1. The van der Waals surface area contributed by atoms with Gasteiger partial charge in [0.25, 0.3) is 11.5 Å². The lowest BCUT2D eigenvalue weighted by atomic mass is 9.84. The van der Waals surface area contributed by atoms with Crippen LogP contribution in [0, 0.1) is 5.41 Å². The zero-order valence-electron chi connectivity index (χ0n) is 17.4. The zero-order chi connectivity index (χ0) is 22.2. The van der Waals surface area contributed by atoms with Crippen LogP contribution in [0.4, 0.5) is 0 Å². The number of hydrogen-bond acceptors (Lipinski definition) is 4. The van der Waals surface area contributed by atoms with Gasteiger partial charge in [-0.15, -0.1) is 0 Å². The Morgan fingerprint density at radius 3 is 2.55 bits per heavy atom. The van der Waals surface area contributed by atoms with Crippen molar-refractivity contribution in [2.24, 2.45) is 5.41 Å². The maximum absolute atomic E-state index is 13.2. The molecule has 0 saturated carbocycles. The van der Waals surface area contributed by atoms with E-state index in [0.717, 1.165) is 10.0 Å². The lowest BCUT2D eigenvalue weighted by Gasteiger charge is -2.45. The normalized spacial score (nSPS) is 14.9. The third-order valence-corrected chi connectivity index (χ3v) is 5.87. The highest BCUT2D eigenvalue weighted by Gasteiger charge is 2.37. The number of pyridine rings is 2. The van der Waals surface area contributed by atoms with Gasteiger partial charge in [0.2, 0.25) is 5.91 Å². The molecule has 3 heterocycles. The predicted molar refractivity (Wildman–Crippen MR) is 122 cm³/mol. The summed E-state index contributed by atoms with van der Waals surface area (Å²) < 4.78 is 2.25. The van der Waals surface area contributed by atoms with Gasteiger partial charge < -0.3 is 10.2 Å². The van der Waals surface area contributed by atoms with Gasteiger partial charge >= 0.3 is 0 Å². The first-order chi connectivity index (χ1) is 14.7. The molecular formula is C23H23BrN4O3. The molecule has 2 aromatic heterocycles. The molecule has 7 nitrogen and oxygen atoms in total. The van der Waals surface area contributed by atoms with Gasteiger partial charge in [-0.25, -0.2) is 4.98 Å². The lowest BCUT2D eigenvalue weighted by molar-refractivity contribution is -0.142. The molecule has 2 amide bonds. The van der Waals surface area contributed by atoms with E-state index in [1.165, 1.54) is 10.6 Å². The van der Waals surface area contributed by atoms with E-state index in [-0.39, 0.29) is 23.4 Å². The summed E-state index contributed by atoms with van der Waals surface area (Å²) >= 11 is 3.38. The lowest BCUT2D eigenvalue weighted by Crippen LogP contribution is -2.56. The second-order valence-corrected chi connectivity index (χ2v) is 9.50. The van der Waals surface area contributed by atoms with E-state index in [4.69, 9.17) is 0 Å². The highest BCUT2D eigenvalue weighted by molar-refractivity contribution is 9.10. The van der Waals surface area contributed by atoms with Gasteiger partial charge in [0.1, 0.15) is 17.8 Å². The quantitative estimate of drug-likeness (QED) is 0.605. The standard InChI is InChI=1S/C23H23BrN4O3/c1-23(2)13-27(14-23)19(29)12-28-20-16(4-3-9-25-20)10-18(22(28)31)21(30)26-11-15-5-7-17(24)8-6-15/h3-10H,11-14H2,1-2H3,(H,26,30). The van der Waals surface area contributed by atoms with E-state index in [2.05, 4.69) is 40.1 Å². The molecule has 160 valence electrons. The molecule has 1 N–H and O–H groups in total. The maximum Gasteiger partial charge on any atom is 0.265 e. The molecule has 4 rings (SSSR count). The number of carbonyl (C=O) groups is 2. The van der Waals surface area contributed by atoms with Crippen LogP contribution in [0.1, 0.15) is 29.8 Å². The maximum atomic E-state index is 13.2. The van der Waals surface area contributed by atoms with Crippen molar-refractivity contribution >= 4 is 38.8 Å². The van der Waals surface area contributed by atoms with E-state index >= 15 is 0 Å². The molecule has 31 heavy (non-hydrogen) atoms. The van der Waals surface area contributed by atoms with Crippen molar-refractivity contribution in [3.05, 3.63) is 74.6 Å². The molecule has 0 bridgehead atoms. The monoisotopic (exact) mass is 482 g/mol. The Kier molecular flexibility index (Phi) is 5.66. The van der Waals surface area contributed by atoms with Gasteiger partial charge in [-0.3, -0.25) is 19.0 Å². The van der Waals surface area contributed by atoms with Crippen LogP contribution < -0.4 is 10.9 Å². The fraction of sp³-hybridized carbons (Fsp3) is 0.304. The number of fused-ring (bicyclic) bond motifs is 1. The van der Waals surface area contributed by atoms with Gasteiger partial charge in [-0.05, 0) is 41.3 Å². The van der Waals surface area contributed by atoms with Gasteiger partial charge in [0.05, 0.1) is 0 Å². The minimum absolute atomic E-state index is 0.00523. The van der Waals surface area contributed by atoms with Crippen LogP contribution >= 0.6 is 15.9 Å². The van der Waals surface area contributed by atoms with Crippen molar-refractivity contribution in [1.82, 2.24) is 19.8 Å². The molecule has 1 aliphatic rings. The van der Waals surface area contributed by atoms with E-state index in [1.807, 2.05) is 24.3 Å². The number of amides is 2. The fourth-order valence-electron chi connectivity index (χ4n) is 3.79. The molecule has 0 aliphatic carbocycles. The summed E-state index contributed by atoms with van der Waals surface area (Å²) in [6.45, 7) is 5.64. The average Bonchev–Trinajstić information content (AvgIpc) is 2.73. The van der Waals surface area contributed by atoms with Crippen molar-refractivity contribution in [3.8, 4) is 0 Å². The molecule has 0 radical (unpaired) electrons. The van der Waals surface area contributed by atoms with E-state index in [0.29, 0.717) is 30.7 Å². The molecule has 8 heteroatoms. The Morgan fingerprint density at radius 2 is 1.87 bits per heavy atom. The van der Waals surface area contributed by atoms with Crippen LogP contribution in [0.3, 0.4) is 0 Å². The van der Waals surface area contributed by atoms with E-state index in [9.17, 15) is 14.4 Å². The van der Waals surface area contributed by atoms with Crippen LogP contribution in [0.15, 0.2) is 57.9 Å². The number of halogens is 1. The second-order valence-electron chi connectivity index (χ2n) is 8.59. The van der Waals surface area contributed by atoms with Crippen LogP contribution in [0.25, 0.3) is 11.0 Å². The summed E-state index contributed by atoms with van der Waals surface area (Å²) in [4.78, 5) is 44.7. The summed E-state index contributed by atoms with van der Waals surface area (Å²) in [5.74, 6) is -0.634. The number of hydrogen-bond donors (Lipinski definition) is 1. The summed E-state index contributed by atoms with van der Waals surface area (Å²) in [5.41, 5.74) is 0.873. The molecule has 1 fully saturated rings. The highest BCUT2D eigenvalue weighted by Crippen LogP contribution is 2.28. The molecule has 1 aromatic carbocycles. The topological polar surface area (TPSA) is 84.3 Å². The van der Waals surface area contributed by atoms with Gasteiger partial charge in [0, 0.05) is 35.7 Å². The van der Waals surface area contributed by atoms with Crippen molar-refractivity contribution in [3.63, 3.8) is 0 Å². The van der Waals surface area contributed by atoms with E-state index in [1.54, 1.807) is 23.2 Å². The summed E-state index contributed by atoms with van der Waals surface area (Å²) in [6.07, 6.45) is 1.57. The summed E-state index contributed by atoms with van der Waals surface area (Å²) in [6, 6.07) is 12.6. The minimum Gasteiger partial charge on any atom is -0.348 e. The number of nitrogens with one attached hydrogen (secondary N) is 1. The smallest absolute Gasteiger partial charge is 0.265 e. The minimum atomic E-state index is -0.521. The number of rotatable bonds is 5. The Bertz CT molecular complexity index is 1210. The number of carbonyl (C=O) groups excluding carboxylic acids is 2. The van der Waals surface area contributed by atoms with Crippen molar-refractivity contribution in [1.29, 1.82) is 0 Å². The predicted octanol–water partition coefficient (Wildman–Crippen LogP) is 2.96. The third-order valence-electron chi connectivity index (χ3n) is 5.34. The Hall–Kier alpha value is -3.00. The van der Waals surface area contributed by atoms with Gasteiger partial charge in [0.15, 0.2) is 0 Å². The number of aromatic nitrogens is 2. The molecule has 1 aliphatic heterocycles. The average molecular weight is 483 g/mol.